The molecule has 1 rings (SSSR count). The van der Waals surface area contributed by atoms with Gasteiger partial charge >= 0.3 is 0 Å². The molecule has 0 spiro atoms. The van der Waals surface area contributed by atoms with Gasteiger partial charge in [-0.05, 0) is 45.0 Å². The molecule has 0 heterocycles. The highest BCUT2D eigenvalue weighted by Gasteiger charge is 2.20. The van der Waals surface area contributed by atoms with Crippen molar-refractivity contribution in [3.63, 3.8) is 0 Å². The molecule has 1 aromatic rings. The normalized spacial score (nSPS) is 11.4. The zero-order valence-electron chi connectivity index (χ0n) is 12.7. The average Bonchev–Trinajstić information content (AvgIpc) is 2.49. The molecule has 106 valence electrons. The Morgan fingerprint density at radius 2 is 1.58 bits per heavy atom. The Morgan fingerprint density at radius 1 is 1.05 bits per heavy atom. The van der Waals surface area contributed by atoms with Crippen molar-refractivity contribution in [1.29, 1.82) is 0 Å². The van der Waals surface area contributed by atoms with E-state index in [0.717, 1.165) is 29.4 Å². The molecule has 0 aromatic heterocycles. The van der Waals surface area contributed by atoms with Gasteiger partial charge in [0.1, 0.15) is 6.29 Å². The number of benzene rings is 1. The van der Waals surface area contributed by atoms with Crippen molar-refractivity contribution in [2.24, 2.45) is 0 Å². The van der Waals surface area contributed by atoms with Crippen molar-refractivity contribution in [2.75, 3.05) is 44.7 Å². The number of likely N-dealkylation sites (N-methyl/N-ethyl adjacent to an activating group) is 2. The van der Waals surface area contributed by atoms with Gasteiger partial charge in [-0.15, -0.1) is 0 Å². The first-order valence-electron chi connectivity index (χ1n) is 7.22. The van der Waals surface area contributed by atoms with E-state index in [1.54, 1.807) is 0 Å². The van der Waals surface area contributed by atoms with Gasteiger partial charge in [0.2, 0.25) is 0 Å². The van der Waals surface area contributed by atoms with Crippen molar-refractivity contribution in [3.8, 4) is 0 Å². The van der Waals surface area contributed by atoms with Gasteiger partial charge < -0.3 is 9.38 Å². The van der Waals surface area contributed by atoms with Crippen molar-refractivity contribution in [1.82, 2.24) is 0 Å². The molecule has 0 aliphatic rings. The van der Waals surface area contributed by atoms with E-state index in [0.29, 0.717) is 0 Å². The molecule has 0 unspecified atom stereocenters. The lowest BCUT2D eigenvalue weighted by atomic mass is 10.2. The number of aldehydes is 1. The highest BCUT2D eigenvalue weighted by molar-refractivity contribution is 5.75. The lowest BCUT2D eigenvalue weighted by molar-refractivity contribution is -0.921. The monoisotopic (exact) mass is 263 g/mol. The molecular formula is C16H27N2O+. The number of hydrogen-bond acceptors (Lipinski definition) is 2. The van der Waals surface area contributed by atoms with Crippen LogP contribution in [0.2, 0.25) is 0 Å². The van der Waals surface area contributed by atoms with Crippen molar-refractivity contribution in [3.05, 3.63) is 29.8 Å². The Bertz CT molecular complexity index is 374. The number of rotatable bonds is 8. The van der Waals surface area contributed by atoms with E-state index < -0.39 is 0 Å². The zero-order chi connectivity index (χ0) is 14.3. The van der Waals surface area contributed by atoms with Crippen LogP contribution in [0.1, 0.15) is 31.1 Å². The predicted octanol–water partition coefficient (Wildman–Crippen LogP) is 2.81. The summed E-state index contributed by atoms with van der Waals surface area (Å²) in [5.41, 5.74) is 1.91. The molecule has 3 nitrogen and oxygen atoms in total. The summed E-state index contributed by atoms with van der Waals surface area (Å²) in [7, 11) is 2.12. The summed E-state index contributed by atoms with van der Waals surface area (Å²) in [5.74, 6) is 0. The average molecular weight is 263 g/mol. The molecule has 0 bridgehead atoms. The molecular weight excluding hydrogens is 236 g/mol. The van der Waals surface area contributed by atoms with Gasteiger partial charge in [0.25, 0.3) is 0 Å². The molecule has 0 atom stereocenters. The third-order valence-electron chi connectivity index (χ3n) is 4.39. The van der Waals surface area contributed by atoms with Gasteiger partial charge in [0.05, 0.1) is 32.7 Å². The second kappa shape index (κ2) is 7.29. The minimum absolute atomic E-state index is 0.734. The molecule has 3 heteroatoms. The zero-order valence-corrected chi connectivity index (χ0v) is 12.7. The number of carbonyl (C=O) groups excluding carboxylic acids is 1. The minimum atomic E-state index is 0.734. The van der Waals surface area contributed by atoms with Crippen LogP contribution < -0.4 is 4.90 Å². The van der Waals surface area contributed by atoms with Crippen LogP contribution in [0.25, 0.3) is 0 Å². The number of nitrogens with zero attached hydrogens (tertiary/aromatic N) is 2. The quantitative estimate of drug-likeness (QED) is 0.531. The first-order valence-corrected chi connectivity index (χ1v) is 7.22. The third kappa shape index (κ3) is 4.06. The molecule has 0 amide bonds. The van der Waals surface area contributed by atoms with E-state index in [9.17, 15) is 4.79 Å². The van der Waals surface area contributed by atoms with E-state index in [1.807, 2.05) is 24.3 Å². The summed E-state index contributed by atoms with van der Waals surface area (Å²) < 4.78 is 1.16. The maximum Gasteiger partial charge on any atom is 0.150 e. The highest BCUT2D eigenvalue weighted by atomic mass is 16.1. The SMILES string of the molecule is CC[N+](CC)(CC)CCN(C)c1ccc(C=O)cc1. The molecule has 0 aliphatic heterocycles. The lowest BCUT2D eigenvalue weighted by Crippen LogP contribution is -2.51. The first-order chi connectivity index (χ1) is 9.10. The molecule has 19 heavy (non-hydrogen) atoms. The molecule has 1 aromatic carbocycles. The van der Waals surface area contributed by atoms with Crippen LogP contribution in [-0.2, 0) is 0 Å². The van der Waals surface area contributed by atoms with Crippen LogP contribution >= 0.6 is 0 Å². The van der Waals surface area contributed by atoms with E-state index in [-0.39, 0.29) is 0 Å². The van der Waals surface area contributed by atoms with Gasteiger partial charge in [0, 0.05) is 18.3 Å². The summed E-state index contributed by atoms with van der Waals surface area (Å²) in [5, 5.41) is 0. The van der Waals surface area contributed by atoms with Gasteiger partial charge in [-0.25, -0.2) is 0 Å². The van der Waals surface area contributed by atoms with E-state index in [1.165, 1.54) is 25.3 Å². The predicted molar refractivity (Wildman–Crippen MR) is 81.8 cm³/mol. The summed E-state index contributed by atoms with van der Waals surface area (Å²) in [6.45, 7) is 12.6. The van der Waals surface area contributed by atoms with E-state index >= 15 is 0 Å². The Kier molecular flexibility index (Phi) is 6.03. The fourth-order valence-electron chi connectivity index (χ4n) is 2.44. The fraction of sp³-hybridized carbons (Fsp3) is 0.562. The first kappa shape index (κ1) is 15.7. The number of hydrogen-bond donors (Lipinski definition) is 0. The van der Waals surface area contributed by atoms with Crippen molar-refractivity contribution < 1.29 is 9.28 Å². The highest BCUT2D eigenvalue weighted by Crippen LogP contribution is 2.14. The van der Waals surface area contributed by atoms with Crippen LogP contribution in [0.15, 0.2) is 24.3 Å². The fourth-order valence-corrected chi connectivity index (χ4v) is 2.44. The van der Waals surface area contributed by atoms with Crippen LogP contribution in [0.3, 0.4) is 0 Å². The summed E-state index contributed by atoms with van der Waals surface area (Å²) in [6, 6.07) is 7.78. The largest absolute Gasteiger partial charge is 0.369 e. The van der Waals surface area contributed by atoms with Crippen LogP contribution in [-0.4, -0.2) is 50.5 Å². The molecule has 0 fully saturated rings. The van der Waals surface area contributed by atoms with Gasteiger partial charge in [-0.1, -0.05) is 0 Å². The number of carbonyl (C=O) groups is 1. The molecule has 0 aliphatic carbocycles. The Balaban J connectivity index is 2.63. The Labute approximate surface area is 117 Å². The van der Waals surface area contributed by atoms with Gasteiger partial charge in [-0.3, -0.25) is 4.79 Å². The van der Waals surface area contributed by atoms with Crippen molar-refractivity contribution >= 4 is 12.0 Å². The van der Waals surface area contributed by atoms with Crippen molar-refractivity contribution in [2.45, 2.75) is 20.8 Å². The standard InChI is InChI=1S/C16H27N2O/c1-5-18(6-2,7-3)13-12-17(4)16-10-8-15(14-19)9-11-16/h8-11,14H,5-7,12-13H2,1-4H3/q+1. The molecule has 0 N–H and O–H groups in total. The van der Waals surface area contributed by atoms with Crippen LogP contribution in [0.5, 0.6) is 0 Å². The molecule has 0 radical (unpaired) electrons. The smallest absolute Gasteiger partial charge is 0.150 e. The number of anilines is 1. The third-order valence-corrected chi connectivity index (χ3v) is 4.39. The summed E-state index contributed by atoms with van der Waals surface area (Å²) >= 11 is 0. The van der Waals surface area contributed by atoms with Gasteiger partial charge in [-0.2, -0.15) is 0 Å². The van der Waals surface area contributed by atoms with E-state index in [4.69, 9.17) is 0 Å². The Morgan fingerprint density at radius 3 is 2.00 bits per heavy atom. The lowest BCUT2D eigenvalue weighted by Gasteiger charge is -2.37. The molecule has 0 saturated heterocycles. The summed E-state index contributed by atoms with van der Waals surface area (Å²) in [4.78, 5) is 12.9. The second-order valence-electron chi connectivity index (χ2n) is 5.14. The molecule has 0 saturated carbocycles. The minimum Gasteiger partial charge on any atom is -0.369 e. The van der Waals surface area contributed by atoms with Gasteiger partial charge in [0.15, 0.2) is 0 Å². The maximum absolute atomic E-state index is 10.6. The summed E-state index contributed by atoms with van der Waals surface area (Å²) in [6.07, 6.45) is 0.886. The van der Waals surface area contributed by atoms with Crippen LogP contribution in [0.4, 0.5) is 5.69 Å². The Hall–Kier alpha value is -1.35. The van der Waals surface area contributed by atoms with Crippen LogP contribution in [0, 0.1) is 0 Å². The maximum atomic E-state index is 10.6. The second-order valence-corrected chi connectivity index (χ2v) is 5.14. The number of quaternary nitrogens is 1. The van der Waals surface area contributed by atoms with E-state index in [2.05, 4.69) is 32.7 Å². The topological polar surface area (TPSA) is 20.3 Å².